The zero-order chi connectivity index (χ0) is 16.6. The smallest absolute Gasteiger partial charge is 0.313 e. The summed E-state index contributed by atoms with van der Waals surface area (Å²) in [4.78, 5) is 1.59. The van der Waals surface area contributed by atoms with Crippen LogP contribution in [0.15, 0.2) is 40.3 Å². The molecule has 1 aliphatic rings. The standard InChI is InChI=1S/C14H12ClF2N5O/c1-22-5-8(13-20-21-14(18)23-13)12(10(17)6-22)19-11-3-2-7(15)4-9(11)16/h2-5,19H,6H2,1H3,(H2,18,21). The third-order valence-corrected chi connectivity index (χ3v) is 3.38. The summed E-state index contributed by atoms with van der Waals surface area (Å²) in [6.45, 7) is 0.0185. The predicted octanol–water partition coefficient (Wildman–Crippen LogP) is 3.02. The number of hydrogen-bond donors (Lipinski definition) is 2. The van der Waals surface area contributed by atoms with Gasteiger partial charge in [0.2, 0.25) is 0 Å². The zero-order valence-corrected chi connectivity index (χ0v) is 12.7. The van der Waals surface area contributed by atoms with E-state index in [9.17, 15) is 8.78 Å². The van der Waals surface area contributed by atoms with Crippen LogP contribution in [0.5, 0.6) is 0 Å². The highest BCUT2D eigenvalue weighted by molar-refractivity contribution is 6.30. The van der Waals surface area contributed by atoms with Crippen LogP contribution < -0.4 is 11.1 Å². The molecular formula is C14H12ClF2N5O. The van der Waals surface area contributed by atoms with Gasteiger partial charge in [0.15, 0.2) is 0 Å². The molecule has 0 radical (unpaired) electrons. The summed E-state index contributed by atoms with van der Waals surface area (Å²) in [7, 11) is 1.68. The molecular weight excluding hydrogens is 328 g/mol. The summed E-state index contributed by atoms with van der Waals surface area (Å²) < 4.78 is 33.5. The van der Waals surface area contributed by atoms with Crippen LogP contribution in [0.4, 0.5) is 20.5 Å². The van der Waals surface area contributed by atoms with Crippen molar-refractivity contribution in [2.75, 3.05) is 24.6 Å². The van der Waals surface area contributed by atoms with Gasteiger partial charge in [-0.2, -0.15) is 0 Å². The average molecular weight is 340 g/mol. The minimum absolute atomic E-state index is 0.0185. The number of allylic oxidation sites excluding steroid dienone is 1. The van der Waals surface area contributed by atoms with Gasteiger partial charge in [0.25, 0.3) is 5.89 Å². The monoisotopic (exact) mass is 339 g/mol. The number of nitrogens with two attached hydrogens (primary N) is 1. The van der Waals surface area contributed by atoms with Gasteiger partial charge in [-0.15, -0.1) is 5.10 Å². The maximum atomic E-state index is 14.4. The Hall–Kier alpha value is -2.61. The number of nitrogens with one attached hydrogen (secondary N) is 1. The summed E-state index contributed by atoms with van der Waals surface area (Å²) >= 11 is 5.72. The van der Waals surface area contributed by atoms with E-state index >= 15 is 0 Å². The maximum Gasteiger partial charge on any atom is 0.313 e. The number of likely N-dealkylation sites (N-methyl/N-ethyl adjacent to an activating group) is 1. The number of anilines is 2. The zero-order valence-electron chi connectivity index (χ0n) is 12.0. The van der Waals surface area contributed by atoms with Crippen LogP contribution in [-0.2, 0) is 0 Å². The summed E-state index contributed by atoms with van der Waals surface area (Å²) in [6.07, 6.45) is 1.60. The summed E-state index contributed by atoms with van der Waals surface area (Å²) in [5, 5.41) is 10.2. The molecule has 0 saturated heterocycles. The highest BCUT2D eigenvalue weighted by Crippen LogP contribution is 2.32. The Labute approximate surface area is 135 Å². The van der Waals surface area contributed by atoms with E-state index in [1.54, 1.807) is 18.1 Å². The van der Waals surface area contributed by atoms with Crippen LogP contribution in [0.1, 0.15) is 5.89 Å². The molecule has 1 aliphatic heterocycles. The van der Waals surface area contributed by atoms with Crippen molar-refractivity contribution >= 4 is 28.9 Å². The molecule has 0 atom stereocenters. The first-order valence-corrected chi connectivity index (χ1v) is 6.94. The third kappa shape index (κ3) is 3.11. The van der Waals surface area contributed by atoms with Gasteiger partial charge < -0.3 is 20.4 Å². The predicted molar refractivity (Wildman–Crippen MR) is 82.5 cm³/mol. The molecule has 2 heterocycles. The van der Waals surface area contributed by atoms with Gasteiger partial charge in [-0.1, -0.05) is 16.7 Å². The Bertz CT molecular complexity index is 817. The van der Waals surface area contributed by atoms with Crippen molar-refractivity contribution in [3.63, 3.8) is 0 Å². The van der Waals surface area contributed by atoms with Crippen LogP contribution in [0.2, 0.25) is 5.02 Å². The van der Waals surface area contributed by atoms with E-state index in [1.165, 1.54) is 12.1 Å². The van der Waals surface area contributed by atoms with E-state index in [0.717, 1.165) is 6.07 Å². The first kappa shape index (κ1) is 15.3. The molecule has 0 spiro atoms. The maximum absolute atomic E-state index is 14.4. The molecule has 23 heavy (non-hydrogen) atoms. The number of rotatable bonds is 3. The lowest BCUT2D eigenvalue weighted by Crippen LogP contribution is -2.22. The SMILES string of the molecule is CN1C=C(c2nnc(N)o2)C(Nc2ccc(Cl)cc2F)=C(F)C1. The number of hydrogen-bond acceptors (Lipinski definition) is 6. The highest BCUT2D eigenvalue weighted by atomic mass is 35.5. The van der Waals surface area contributed by atoms with Gasteiger partial charge in [0.05, 0.1) is 23.5 Å². The molecule has 1 aromatic carbocycles. The van der Waals surface area contributed by atoms with Crippen LogP contribution in [-0.4, -0.2) is 28.7 Å². The number of nitrogen functional groups attached to an aromatic ring is 1. The molecule has 0 bridgehead atoms. The number of nitrogens with zero attached hydrogens (tertiary/aromatic N) is 3. The Balaban J connectivity index is 2.00. The Morgan fingerprint density at radius 1 is 1.35 bits per heavy atom. The van der Waals surface area contributed by atoms with Gasteiger partial charge >= 0.3 is 6.01 Å². The molecule has 120 valence electrons. The lowest BCUT2D eigenvalue weighted by atomic mass is 10.1. The molecule has 0 saturated carbocycles. The second-order valence-corrected chi connectivity index (χ2v) is 5.37. The van der Waals surface area contributed by atoms with Crippen molar-refractivity contribution in [2.45, 2.75) is 0 Å². The number of aromatic nitrogens is 2. The lowest BCUT2D eigenvalue weighted by Gasteiger charge is -2.24. The van der Waals surface area contributed by atoms with Gasteiger partial charge in [-0.25, -0.2) is 8.78 Å². The van der Waals surface area contributed by atoms with Crippen LogP contribution in [0.3, 0.4) is 0 Å². The fraction of sp³-hybridized carbons (Fsp3) is 0.143. The van der Waals surface area contributed by atoms with Gasteiger partial charge in [0, 0.05) is 18.3 Å². The Morgan fingerprint density at radius 3 is 2.78 bits per heavy atom. The molecule has 3 rings (SSSR count). The molecule has 6 nitrogen and oxygen atoms in total. The van der Waals surface area contributed by atoms with Crippen molar-refractivity contribution in [2.24, 2.45) is 0 Å². The summed E-state index contributed by atoms with van der Waals surface area (Å²) in [5.41, 5.74) is 5.79. The number of benzene rings is 1. The van der Waals surface area contributed by atoms with E-state index in [0.29, 0.717) is 0 Å². The van der Waals surface area contributed by atoms with Crippen LogP contribution in [0, 0.1) is 5.82 Å². The first-order valence-electron chi connectivity index (χ1n) is 6.56. The fourth-order valence-corrected chi connectivity index (χ4v) is 2.30. The fourth-order valence-electron chi connectivity index (χ4n) is 2.14. The van der Waals surface area contributed by atoms with E-state index in [1.807, 2.05) is 0 Å². The topological polar surface area (TPSA) is 80.2 Å². The second kappa shape index (κ2) is 5.88. The minimum atomic E-state index is -0.610. The van der Waals surface area contributed by atoms with Crippen LogP contribution >= 0.6 is 11.6 Å². The minimum Gasteiger partial charge on any atom is -0.403 e. The summed E-state index contributed by atoms with van der Waals surface area (Å²) in [5.74, 6) is -1.08. The molecule has 2 aromatic rings. The Morgan fingerprint density at radius 2 is 2.13 bits per heavy atom. The van der Waals surface area contributed by atoms with Gasteiger partial charge in [0.1, 0.15) is 11.6 Å². The Kier molecular flexibility index (Phi) is 3.91. The second-order valence-electron chi connectivity index (χ2n) is 4.93. The molecule has 0 fully saturated rings. The highest BCUT2D eigenvalue weighted by Gasteiger charge is 2.25. The molecule has 0 amide bonds. The van der Waals surface area contributed by atoms with E-state index in [2.05, 4.69) is 15.5 Å². The van der Waals surface area contributed by atoms with Crippen molar-refractivity contribution in [1.82, 2.24) is 15.1 Å². The molecule has 3 N–H and O–H groups in total. The van der Waals surface area contributed by atoms with Crippen molar-refractivity contribution < 1.29 is 13.2 Å². The average Bonchev–Trinajstić information content (AvgIpc) is 2.90. The quantitative estimate of drug-likeness (QED) is 0.894. The largest absolute Gasteiger partial charge is 0.403 e. The van der Waals surface area contributed by atoms with E-state index < -0.39 is 11.6 Å². The summed E-state index contributed by atoms with van der Waals surface area (Å²) in [6, 6.07) is 3.89. The molecule has 0 aliphatic carbocycles. The lowest BCUT2D eigenvalue weighted by molar-refractivity contribution is 0.426. The number of halogens is 3. The van der Waals surface area contributed by atoms with Crippen molar-refractivity contribution in [3.05, 3.63) is 52.7 Å². The van der Waals surface area contributed by atoms with Crippen molar-refractivity contribution in [3.8, 4) is 0 Å². The molecule has 0 unspecified atom stereocenters. The van der Waals surface area contributed by atoms with Gasteiger partial charge in [-0.3, -0.25) is 0 Å². The first-order chi connectivity index (χ1) is 10.9. The third-order valence-electron chi connectivity index (χ3n) is 3.14. The van der Waals surface area contributed by atoms with E-state index in [-0.39, 0.29) is 40.4 Å². The molecule has 1 aromatic heterocycles. The normalized spacial score (nSPS) is 15.0. The van der Waals surface area contributed by atoms with Crippen LogP contribution in [0.25, 0.3) is 5.57 Å². The van der Waals surface area contributed by atoms with E-state index in [4.69, 9.17) is 21.8 Å². The molecule has 9 heteroatoms. The van der Waals surface area contributed by atoms with Crippen molar-refractivity contribution in [1.29, 1.82) is 0 Å². The van der Waals surface area contributed by atoms with Gasteiger partial charge in [-0.05, 0) is 18.2 Å².